The van der Waals surface area contributed by atoms with E-state index in [4.69, 9.17) is 10.5 Å². The summed E-state index contributed by atoms with van der Waals surface area (Å²) in [6.07, 6.45) is 0.917. The molecular weight excluding hydrogens is 314 g/mol. The Morgan fingerprint density at radius 1 is 1.32 bits per heavy atom. The minimum atomic E-state index is -0.318. The smallest absolute Gasteiger partial charge is 0.246 e. The zero-order valence-electron chi connectivity index (χ0n) is 15.0. The Balaban J connectivity index is 1.81. The molecule has 2 atom stereocenters. The Hall–Kier alpha value is -2.69. The largest absolute Gasteiger partial charge is 0.486 e. The summed E-state index contributed by atoms with van der Waals surface area (Å²) in [4.78, 5) is 14.8. The number of nitrogens with one attached hydrogen (secondary N) is 1. The highest BCUT2D eigenvalue weighted by molar-refractivity contribution is 5.97. The molecule has 2 aromatic rings. The second-order valence-electron chi connectivity index (χ2n) is 6.56. The maximum absolute atomic E-state index is 12.8. The molecule has 1 heterocycles. The quantitative estimate of drug-likeness (QED) is 0.836. The third kappa shape index (κ3) is 3.71. The molecule has 2 aromatic carbocycles. The molecule has 0 bridgehead atoms. The Kier molecular flexibility index (Phi) is 4.83. The van der Waals surface area contributed by atoms with E-state index in [9.17, 15) is 4.79 Å². The molecule has 0 radical (unpaired) electrons. The van der Waals surface area contributed by atoms with E-state index in [1.54, 1.807) is 0 Å². The van der Waals surface area contributed by atoms with Gasteiger partial charge in [-0.15, -0.1) is 0 Å². The van der Waals surface area contributed by atoms with Crippen LogP contribution in [0.2, 0.25) is 0 Å². The molecule has 1 aliphatic heterocycles. The summed E-state index contributed by atoms with van der Waals surface area (Å²) in [5.41, 5.74) is 9.42. The molecule has 0 saturated carbocycles. The van der Waals surface area contributed by atoms with Crippen molar-refractivity contribution in [1.82, 2.24) is 0 Å². The summed E-state index contributed by atoms with van der Waals surface area (Å²) >= 11 is 0. The molecule has 0 fully saturated rings. The van der Waals surface area contributed by atoms with Gasteiger partial charge in [-0.05, 0) is 44.5 Å². The zero-order valence-corrected chi connectivity index (χ0v) is 15.0. The molecule has 1 aliphatic rings. The van der Waals surface area contributed by atoms with Crippen LogP contribution in [0.25, 0.3) is 0 Å². The van der Waals surface area contributed by atoms with Crippen LogP contribution < -0.4 is 20.7 Å². The molecular formula is C20H25N3O2. The van der Waals surface area contributed by atoms with Crippen molar-refractivity contribution in [2.24, 2.45) is 0 Å². The van der Waals surface area contributed by atoms with E-state index in [0.29, 0.717) is 12.2 Å². The SMILES string of the molecule is CCC1CN(C(C)C(=O)Nc2ccc(C)cc2)c2ccc(N)cc2O1. The molecule has 1 amide bonds. The standard InChI is InChI=1S/C20H25N3O2/c1-4-17-12-23(18-10-7-15(21)11-19(18)25-17)14(3)20(24)22-16-8-5-13(2)6-9-16/h5-11,14,17H,4,12,21H2,1-3H3,(H,22,24). The fourth-order valence-electron chi connectivity index (χ4n) is 3.00. The number of aryl methyl sites for hydroxylation is 1. The van der Waals surface area contributed by atoms with Crippen molar-refractivity contribution in [3.63, 3.8) is 0 Å². The number of rotatable bonds is 4. The summed E-state index contributed by atoms with van der Waals surface area (Å²) in [6.45, 7) is 6.70. The second kappa shape index (κ2) is 7.05. The summed E-state index contributed by atoms with van der Waals surface area (Å²) in [5, 5.41) is 3.00. The number of carbonyl (C=O) groups is 1. The number of nitrogens with zero attached hydrogens (tertiary/aromatic N) is 1. The van der Waals surface area contributed by atoms with Crippen molar-refractivity contribution in [1.29, 1.82) is 0 Å². The van der Waals surface area contributed by atoms with E-state index >= 15 is 0 Å². The van der Waals surface area contributed by atoms with E-state index in [1.165, 1.54) is 0 Å². The number of amides is 1. The number of fused-ring (bicyclic) bond motifs is 1. The van der Waals surface area contributed by atoms with Gasteiger partial charge < -0.3 is 20.7 Å². The van der Waals surface area contributed by atoms with Gasteiger partial charge in [-0.25, -0.2) is 0 Å². The first-order valence-electron chi connectivity index (χ1n) is 8.68. The van der Waals surface area contributed by atoms with Crippen LogP contribution in [0.4, 0.5) is 17.1 Å². The lowest BCUT2D eigenvalue weighted by molar-refractivity contribution is -0.117. The molecule has 3 rings (SSSR count). The number of hydrogen-bond acceptors (Lipinski definition) is 4. The van der Waals surface area contributed by atoms with Gasteiger partial charge in [0.25, 0.3) is 0 Å². The van der Waals surface area contributed by atoms with Crippen molar-refractivity contribution in [2.75, 3.05) is 22.5 Å². The third-order valence-corrected chi connectivity index (χ3v) is 4.61. The van der Waals surface area contributed by atoms with Crippen LogP contribution in [0, 0.1) is 6.92 Å². The minimum absolute atomic E-state index is 0.0385. The monoisotopic (exact) mass is 339 g/mol. The molecule has 5 heteroatoms. The van der Waals surface area contributed by atoms with Gasteiger partial charge in [-0.3, -0.25) is 4.79 Å². The Bertz CT molecular complexity index is 758. The summed E-state index contributed by atoms with van der Waals surface area (Å²) in [5.74, 6) is 0.705. The predicted octanol–water partition coefficient (Wildman–Crippen LogP) is 3.58. The Morgan fingerprint density at radius 2 is 2.04 bits per heavy atom. The maximum atomic E-state index is 12.8. The topological polar surface area (TPSA) is 67.6 Å². The van der Waals surface area contributed by atoms with Crippen LogP contribution >= 0.6 is 0 Å². The number of anilines is 3. The van der Waals surface area contributed by atoms with E-state index in [2.05, 4.69) is 17.1 Å². The molecule has 132 valence electrons. The van der Waals surface area contributed by atoms with Gasteiger partial charge in [0.2, 0.25) is 5.91 Å². The van der Waals surface area contributed by atoms with Crippen LogP contribution in [-0.2, 0) is 4.79 Å². The van der Waals surface area contributed by atoms with Crippen molar-refractivity contribution in [2.45, 2.75) is 39.3 Å². The number of hydrogen-bond donors (Lipinski definition) is 2. The van der Waals surface area contributed by atoms with Crippen LogP contribution in [0.3, 0.4) is 0 Å². The first-order valence-corrected chi connectivity index (χ1v) is 8.68. The van der Waals surface area contributed by atoms with Gasteiger partial charge in [0.1, 0.15) is 17.9 Å². The average molecular weight is 339 g/mol. The highest BCUT2D eigenvalue weighted by Gasteiger charge is 2.31. The molecule has 0 saturated heterocycles. The van der Waals surface area contributed by atoms with Gasteiger partial charge in [0.05, 0.1) is 12.2 Å². The number of benzene rings is 2. The number of ether oxygens (including phenoxy) is 1. The summed E-state index contributed by atoms with van der Waals surface area (Å²) < 4.78 is 6.00. The summed E-state index contributed by atoms with van der Waals surface area (Å²) in [7, 11) is 0. The van der Waals surface area contributed by atoms with E-state index < -0.39 is 0 Å². The second-order valence-corrected chi connectivity index (χ2v) is 6.56. The number of carbonyl (C=O) groups excluding carboxylic acids is 1. The lowest BCUT2D eigenvalue weighted by Gasteiger charge is -2.39. The third-order valence-electron chi connectivity index (χ3n) is 4.61. The zero-order chi connectivity index (χ0) is 18.0. The van der Waals surface area contributed by atoms with Gasteiger partial charge in [0.15, 0.2) is 0 Å². The Morgan fingerprint density at radius 3 is 2.72 bits per heavy atom. The molecule has 25 heavy (non-hydrogen) atoms. The molecule has 3 N–H and O–H groups in total. The predicted molar refractivity (Wildman–Crippen MR) is 102 cm³/mol. The van der Waals surface area contributed by atoms with Gasteiger partial charge in [0, 0.05) is 17.4 Å². The van der Waals surface area contributed by atoms with Crippen molar-refractivity contribution in [3.05, 3.63) is 48.0 Å². The molecule has 0 aliphatic carbocycles. The highest BCUT2D eigenvalue weighted by Crippen LogP contribution is 2.37. The Labute approximate surface area is 148 Å². The fraction of sp³-hybridized carbons (Fsp3) is 0.350. The van der Waals surface area contributed by atoms with Crippen LogP contribution in [0.1, 0.15) is 25.8 Å². The molecule has 0 spiro atoms. The van der Waals surface area contributed by atoms with Crippen molar-refractivity contribution >= 4 is 23.0 Å². The first-order chi connectivity index (χ1) is 12.0. The van der Waals surface area contributed by atoms with Crippen LogP contribution in [0.15, 0.2) is 42.5 Å². The lowest BCUT2D eigenvalue weighted by atomic mass is 10.1. The van der Waals surface area contributed by atoms with Gasteiger partial charge >= 0.3 is 0 Å². The minimum Gasteiger partial charge on any atom is -0.486 e. The van der Waals surface area contributed by atoms with Gasteiger partial charge in [-0.2, -0.15) is 0 Å². The molecule has 5 nitrogen and oxygen atoms in total. The lowest BCUT2D eigenvalue weighted by Crippen LogP contribution is -2.49. The van der Waals surface area contributed by atoms with Gasteiger partial charge in [-0.1, -0.05) is 24.6 Å². The van der Waals surface area contributed by atoms with Crippen molar-refractivity contribution in [3.8, 4) is 5.75 Å². The molecule has 0 aromatic heterocycles. The molecule has 2 unspecified atom stereocenters. The van der Waals surface area contributed by atoms with E-state index in [1.807, 2.05) is 56.3 Å². The number of nitrogen functional groups attached to an aromatic ring is 1. The van der Waals surface area contributed by atoms with E-state index in [0.717, 1.165) is 29.1 Å². The maximum Gasteiger partial charge on any atom is 0.246 e. The fourth-order valence-corrected chi connectivity index (χ4v) is 3.00. The first kappa shape index (κ1) is 17.1. The van der Waals surface area contributed by atoms with Crippen LogP contribution in [0.5, 0.6) is 5.75 Å². The van der Waals surface area contributed by atoms with E-state index in [-0.39, 0.29) is 18.1 Å². The average Bonchev–Trinajstić information content (AvgIpc) is 2.61. The summed E-state index contributed by atoms with van der Waals surface area (Å²) in [6, 6.07) is 13.1. The highest BCUT2D eigenvalue weighted by atomic mass is 16.5. The number of nitrogens with two attached hydrogens (primary N) is 1. The van der Waals surface area contributed by atoms with Crippen LogP contribution in [-0.4, -0.2) is 24.6 Å². The van der Waals surface area contributed by atoms with Crippen molar-refractivity contribution < 1.29 is 9.53 Å². The normalized spacial score (nSPS) is 17.4.